The van der Waals surface area contributed by atoms with Crippen LogP contribution < -0.4 is 0 Å². The molecule has 0 atom stereocenters. The van der Waals surface area contributed by atoms with Crippen LogP contribution in [0.1, 0.15) is 12.0 Å². The Morgan fingerprint density at radius 1 is 1.47 bits per heavy atom. The minimum absolute atomic E-state index is 0.178. The first-order valence-corrected chi connectivity index (χ1v) is 5.47. The van der Waals surface area contributed by atoms with E-state index in [0.717, 1.165) is 11.7 Å². The van der Waals surface area contributed by atoms with Gasteiger partial charge >= 0.3 is 6.21 Å². The number of hydrogen-bond acceptors (Lipinski definition) is 1. The van der Waals surface area contributed by atoms with E-state index in [1.165, 1.54) is 10.9 Å². The number of para-hydroxylation sites is 1. The van der Waals surface area contributed by atoms with Crippen LogP contribution in [0.2, 0.25) is 0 Å². The molecule has 2 aromatic rings. The highest BCUT2D eigenvalue weighted by Gasteiger charge is 2.07. The van der Waals surface area contributed by atoms with Gasteiger partial charge in [0.05, 0.1) is 0 Å². The lowest BCUT2D eigenvalue weighted by molar-refractivity contribution is -0.116. The fraction of sp³-hybridized carbons (Fsp3) is 0.231. The third kappa shape index (κ3) is 2.32. The number of Topliss-reactive ketones (excluding diaryl/α,β-unsaturated/α-hetero) is 1. The highest BCUT2D eigenvalue weighted by molar-refractivity contribution is 6.25. The smallest absolute Gasteiger partial charge is 0.323 e. The minimum atomic E-state index is -0.178. The van der Waals surface area contributed by atoms with Gasteiger partial charge in [0.1, 0.15) is 0 Å². The van der Waals surface area contributed by atoms with Crippen LogP contribution in [0.3, 0.4) is 0 Å². The van der Waals surface area contributed by atoms with Crippen molar-refractivity contribution in [1.29, 1.82) is 0 Å². The van der Waals surface area contributed by atoms with Crippen molar-refractivity contribution in [2.45, 2.75) is 19.9 Å². The first kappa shape index (κ1) is 11.3. The van der Waals surface area contributed by atoms with E-state index in [1.807, 2.05) is 29.0 Å². The van der Waals surface area contributed by atoms with Gasteiger partial charge < -0.3 is 10.1 Å². The number of aryl methyl sites for hydroxylation is 2. The molecule has 0 aliphatic carbocycles. The van der Waals surface area contributed by atoms with Crippen LogP contribution in [0.15, 0.2) is 30.5 Å². The van der Waals surface area contributed by atoms with Crippen molar-refractivity contribution >= 4 is 22.9 Å². The maximum atomic E-state index is 11.2. The Bertz CT molecular complexity index is 606. The minimum Gasteiger partial charge on any atom is -0.361 e. The van der Waals surface area contributed by atoms with E-state index >= 15 is 0 Å². The molecular weight excluding hydrogens is 214 g/mol. The zero-order valence-electron chi connectivity index (χ0n) is 9.63. The third-order valence-electron chi connectivity index (χ3n) is 2.79. The largest absolute Gasteiger partial charge is 0.361 e. The zero-order valence-corrected chi connectivity index (χ0v) is 9.63. The van der Waals surface area contributed by atoms with Crippen molar-refractivity contribution < 1.29 is 9.58 Å². The summed E-state index contributed by atoms with van der Waals surface area (Å²) in [5.74, 6) is -0.178. The highest BCUT2D eigenvalue weighted by atomic mass is 16.1. The predicted octanol–water partition coefficient (Wildman–Crippen LogP) is 2.21. The van der Waals surface area contributed by atoms with Crippen LogP contribution in [0.5, 0.6) is 0 Å². The molecule has 0 N–H and O–H groups in total. The van der Waals surface area contributed by atoms with E-state index in [1.54, 1.807) is 0 Å². The fourth-order valence-electron chi connectivity index (χ4n) is 1.97. The van der Waals surface area contributed by atoms with Crippen LogP contribution in [0.4, 0.5) is 0 Å². The van der Waals surface area contributed by atoms with Crippen molar-refractivity contribution in [3.05, 3.63) is 41.6 Å². The third-order valence-corrected chi connectivity index (χ3v) is 2.79. The Morgan fingerprint density at radius 3 is 3.00 bits per heavy atom. The molecule has 0 unspecified atom stereocenters. The molecule has 0 fully saturated rings. The standard InChI is InChI=1S/C13H13N3O/c1-10-9-16(7-6-11(17)8-15-14)13-5-3-2-4-12(10)13/h2-5,8-9H,6-7H2,1H3. The summed E-state index contributed by atoms with van der Waals surface area (Å²) in [6.45, 7) is 2.65. The highest BCUT2D eigenvalue weighted by Crippen LogP contribution is 2.20. The summed E-state index contributed by atoms with van der Waals surface area (Å²) in [7, 11) is 0. The Kier molecular flexibility index (Phi) is 3.17. The molecule has 0 aliphatic heterocycles. The van der Waals surface area contributed by atoms with Crippen LogP contribution in [0.25, 0.3) is 16.4 Å². The quantitative estimate of drug-likeness (QED) is 0.449. The van der Waals surface area contributed by atoms with Crippen molar-refractivity contribution in [3.8, 4) is 0 Å². The number of aromatic nitrogens is 1. The molecule has 17 heavy (non-hydrogen) atoms. The number of benzene rings is 1. The Balaban J connectivity index is 2.25. The molecule has 0 amide bonds. The number of fused-ring (bicyclic) bond motifs is 1. The van der Waals surface area contributed by atoms with Crippen molar-refractivity contribution in [2.24, 2.45) is 0 Å². The van der Waals surface area contributed by atoms with Gasteiger partial charge in [-0.1, -0.05) is 18.2 Å². The van der Waals surface area contributed by atoms with Gasteiger partial charge in [0.25, 0.3) is 0 Å². The Labute approximate surface area is 99.1 Å². The maximum absolute atomic E-state index is 11.2. The average Bonchev–Trinajstić information content (AvgIpc) is 2.65. The number of nitrogens with zero attached hydrogens (tertiary/aromatic N) is 3. The van der Waals surface area contributed by atoms with Gasteiger partial charge in [0.2, 0.25) is 5.78 Å². The van der Waals surface area contributed by atoms with Gasteiger partial charge in [-0.05, 0) is 18.6 Å². The number of rotatable bonds is 4. The second kappa shape index (κ2) is 4.76. The van der Waals surface area contributed by atoms with E-state index < -0.39 is 0 Å². The lowest BCUT2D eigenvalue weighted by Crippen LogP contribution is -2.06. The van der Waals surface area contributed by atoms with Crippen molar-refractivity contribution in [3.63, 3.8) is 0 Å². The summed E-state index contributed by atoms with van der Waals surface area (Å²) in [4.78, 5) is 14.0. The van der Waals surface area contributed by atoms with Gasteiger partial charge in [-0.15, -0.1) is 0 Å². The van der Waals surface area contributed by atoms with Crippen LogP contribution >= 0.6 is 0 Å². The summed E-state index contributed by atoms with van der Waals surface area (Å²) in [5.41, 5.74) is 10.6. The van der Waals surface area contributed by atoms with Gasteiger partial charge in [0, 0.05) is 30.1 Å². The molecule has 1 aromatic heterocycles. The molecule has 4 heteroatoms. The van der Waals surface area contributed by atoms with Crippen LogP contribution in [-0.4, -0.2) is 21.4 Å². The molecule has 0 radical (unpaired) electrons. The number of ketones is 1. The molecule has 0 aliphatic rings. The molecule has 86 valence electrons. The number of hydrogen-bond donors (Lipinski definition) is 0. The molecule has 0 saturated carbocycles. The van der Waals surface area contributed by atoms with Gasteiger partial charge in [0.15, 0.2) is 0 Å². The van der Waals surface area contributed by atoms with E-state index in [4.69, 9.17) is 5.53 Å². The Hall–Kier alpha value is -2.19. The summed E-state index contributed by atoms with van der Waals surface area (Å²) in [6, 6.07) is 8.09. The summed E-state index contributed by atoms with van der Waals surface area (Å²) in [5, 5.41) is 1.20. The number of carbonyl (C=O) groups is 1. The summed E-state index contributed by atoms with van der Waals surface area (Å²) >= 11 is 0. The summed E-state index contributed by atoms with van der Waals surface area (Å²) < 4.78 is 2.05. The second-order valence-corrected chi connectivity index (χ2v) is 3.98. The zero-order chi connectivity index (χ0) is 12.3. The SMILES string of the molecule is Cc1cn(CCC(=O)C=[N+]=[N-])c2ccccc12. The predicted molar refractivity (Wildman–Crippen MR) is 66.0 cm³/mol. The molecule has 0 saturated heterocycles. The molecule has 0 spiro atoms. The molecular formula is C13H13N3O. The van der Waals surface area contributed by atoms with Crippen molar-refractivity contribution in [1.82, 2.24) is 4.57 Å². The summed E-state index contributed by atoms with van der Waals surface area (Å²) in [6.07, 6.45) is 3.31. The van der Waals surface area contributed by atoms with E-state index in [2.05, 4.69) is 17.8 Å². The molecule has 0 bridgehead atoms. The van der Waals surface area contributed by atoms with E-state index in [0.29, 0.717) is 13.0 Å². The fourth-order valence-corrected chi connectivity index (χ4v) is 1.97. The van der Waals surface area contributed by atoms with Gasteiger partial charge in [-0.2, -0.15) is 4.79 Å². The average molecular weight is 227 g/mol. The topological polar surface area (TPSA) is 58.4 Å². The Morgan fingerprint density at radius 2 is 2.24 bits per heavy atom. The van der Waals surface area contributed by atoms with E-state index in [9.17, 15) is 4.79 Å². The molecule has 2 rings (SSSR count). The van der Waals surface area contributed by atoms with Gasteiger partial charge in [-0.25, -0.2) is 0 Å². The van der Waals surface area contributed by atoms with Crippen LogP contribution in [0, 0.1) is 6.92 Å². The van der Waals surface area contributed by atoms with Crippen LogP contribution in [-0.2, 0) is 11.3 Å². The van der Waals surface area contributed by atoms with E-state index in [-0.39, 0.29) is 5.78 Å². The second-order valence-electron chi connectivity index (χ2n) is 3.98. The first-order valence-electron chi connectivity index (χ1n) is 5.47. The number of carbonyl (C=O) groups excluding carboxylic acids is 1. The molecule has 1 aromatic carbocycles. The maximum Gasteiger partial charge on any atom is 0.323 e. The molecule has 4 nitrogen and oxygen atoms in total. The lowest BCUT2D eigenvalue weighted by Gasteiger charge is -2.01. The lowest BCUT2D eigenvalue weighted by atomic mass is 10.2. The van der Waals surface area contributed by atoms with Gasteiger partial charge in [-0.3, -0.25) is 4.79 Å². The molecule has 1 heterocycles. The normalized spacial score (nSPS) is 10.2. The van der Waals surface area contributed by atoms with Crippen molar-refractivity contribution in [2.75, 3.05) is 0 Å². The monoisotopic (exact) mass is 227 g/mol. The first-order chi connectivity index (χ1) is 8.22.